The van der Waals surface area contributed by atoms with E-state index in [4.69, 9.17) is 10.8 Å². The van der Waals surface area contributed by atoms with Gasteiger partial charge in [0.1, 0.15) is 0 Å². The molecule has 2 amide bonds. The van der Waals surface area contributed by atoms with Gasteiger partial charge >= 0.3 is 6.03 Å². The monoisotopic (exact) mass is 243 g/mol. The molecule has 0 bridgehead atoms. The average molecular weight is 243 g/mol. The highest BCUT2D eigenvalue weighted by Gasteiger charge is 2.30. The third-order valence-electron chi connectivity index (χ3n) is 3.51. The van der Waals surface area contributed by atoms with Gasteiger partial charge in [0.05, 0.1) is 0 Å². The molecule has 17 heavy (non-hydrogen) atoms. The Bertz CT molecular complexity index is 246. The predicted octanol–water partition coefficient (Wildman–Crippen LogP) is 0.384. The van der Waals surface area contributed by atoms with Crippen LogP contribution in [0, 0.1) is 11.8 Å². The van der Waals surface area contributed by atoms with Crippen molar-refractivity contribution in [2.45, 2.75) is 32.7 Å². The van der Waals surface area contributed by atoms with Gasteiger partial charge in [-0.1, -0.05) is 13.8 Å². The second-order valence-corrected chi connectivity index (χ2v) is 5.21. The zero-order valence-corrected chi connectivity index (χ0v) is 10.9. The lowest BCUT2D eigenvalue weighted by atomic mass is 9.85. The number of nitrogens with one attached hydrogen (secondary N) is 1. The number of likely N-dealkylation sites (tertiary alicyclic amines) is 1. The highest BCUT2D eigenvalue weighted by atomic mass is 16.3. The van der Waals surface area contributed by atoms with Crippen LogP contribution in [0.25, 0.3) is 0 Å². The fourth-order valence-electron chi connectivity index (χ4n) is 2.33. The predicted molar refractivity (Wildman–Crippen MR) is 67.6 cm³/mol. The number of primary amides is 1. The van der Waals surface area contributed by atoms with Crippen LogP contribution in [0.2, 0.25) is 0 Å². The van der Waals surface area contributed by atoms with Gasteiger partial charge in [0, 0.05) is 25.7 Å². The Kier molecular flexibility index (Phi) is 5.71. The maximum absolute atomic E-state index is 11.3. The number of aliphatic hydroxyl groups excluding tert-OH is 1. The Balaban J connectivity index is 2.49. The summed E-state index contributed by atoms with van der Waals surface area (Å²) in [5.41, 5.74) is 5.37. The molecule has 2 atom stereocenters. The fraction of sp³-hybridized carbons (Fsp3) is 0.917. The summed E-state index contributed by atoms with van der Waals surface area (Å²) in [4.78, 5) is 13.0. The number of aliphatic hydroxyl groups is 1. The highest BCUT2D eigenvalue weighted by Crippen LogP contribution is 2.23. The lowest BCUT2D eigenvalue weighted by Crippen LogP contribution is -2.53. The third kappa shape index (κ3) is 4.52. The standard InChI is InChI=1S/C12H25N3O2/c1-9(2)10-6-11(14-4-3-5-16)8-15(7-10)12(13)17/h9-11,14,16H,3-8H2,1-2H3,(H2,13,17). The van der Waals surface area contributed by atoms with Crippen molar-refractivity contribution in [2.75, 3.05) is 26.2 Å². The first-order chi connectivity index (χ1) is 8.04. The van der Waals surface area contributed by atoms with E-state index in [9.17, 15) is 4.79 Å². The van der Waals surface area contributed by atoms with Gasteiger partial charge in [0.25, 0.3) is 0 Å². The zero-order valence-electron chi connectivity index (χ0n) is 10.9. The number of hydrogen-bond acceptors (Lipinski definition) is 3. The van der Waals surface area contributed by atoms with E-state index in [-0.39, 0.29) is 12.6 Å². The second-order valence-electron chi connectivity index (χ2n) is 5.21. The first-order valence-corrected chi connectivity index (χ1v) is 6.43. The van der Waals surface area contributed by atoms with E-state index in [0.717, 1.165) is 25.9 Å². The molecule has 0 spiro atoms. The smallest absolute Gasteiger partial charge is 0.314 e. The first kappa shape index (κ1) is 14.3. The van der Waals surface area contributed by atoms with Crippen molar-refractivity contribution in [2.24, 2.45) is 17.6 Å². The number of urea groups is 1. The minimum absolute atomic E-state index is 0.201. The molecule has 4 N–H and O–H groups in total. The van der Waals surface area contributed by atoms with E-state index < -0.39 is 0 Å². The molecule has 1 heterocycles. The summed E-state index contributed by atoms with van der Waals surface area (Å²) in [6.07, 6.45) is 1.83. The quantitative estimate of drug-likeness (QED) is 0.611. The lowest BCUT2D eigenvalue weighted by molar-refractivity contribution is 0.132. The Hall–Kier alpha value is -0.810. The van der Waals surface area contributed by atoms with Crippen LogP contribution < -0.4 is 11.1 Å². The normalized spacial score (nSPS) is 25.3. The Morgan fingerprint density at radius 1 is 1.53 bits per heavy atom. The number of carbonyl (C=O) groups excluding carboxylic acids is 1. The Morgan fingerprint density at radius 2 is 2.24 bits per heavy atom. The molecule has 1 saturated heterocycles. The molecule has 1 aliphatic rings. The van der Waals surface area contributed by atoms with Crippen LogP contribution in [-0.4, -0.2) is 48.3 Å². The van der Waals surface area contributed by atoms with Crippen LogP contribution in [0.4, 0.5) is 4.79 Å². The maximum atomic E-state index is 11.3. The largest absolute Gasteiger partial charge is 0.396 e. The number of piperidine rings is 1. The highest BCUT2D eigenvalue weighted by molar-refractivity contribution is 5.72. The van der Waals surface area contributed by atoms with Crippen LogP contribution >= 0.6 is 0 Å². The number of amides is 2. The van der Waals surface area contributed by atoms with Crippen molar-refractivity contribution >= 4 is 6.03 Å². The summed E-state index contributed by atoms with van der Waals surface area (Å²) in [6, 6.07) is -0.0282. The van der Waals surface area contributed by atoms with Gasteiger partial charge in [-0.3, -0.25) is 0 Å². The van der Waals surface area contributed by atoms with Gasteiger partial charge in [-0.25, -0.2) is 4.79 Å². The molecule has 0 aromatic carbocycles. The average Bonchev–Trinajstić information content (AvgIpc) is 2.29. The molecule has 0 aromatic rings. The fourth-order valence-corrected chi connectivity index (χ4v) is 2.33. The van der Waals surface area contributed by atoms with Crippen LogP contribution in [0.1, 0.15) is 26.7 Å². The number of hydrogen-bond donors (Lipinski definition) is 3. The summed E-state index contributed by atoms with van der Waals surface area (Å²) < 4.78 is 0. The minimum Gasteiger partial charge on any atom is -0.396 e. The van der Waals surface area contributed by atoms with Crippen LogP contribution in [0.5, 0.6) is 0 Å². The second kappa shape index (κ2) is 6.81. The molecule has 0 saturated carbocycles. The molecule has 0 radical (unpaired) electrons. The van der Waals surface area contributed by atoms with E-state index in [2.05, 4.69) is 19.2 Å². The van der Waals surface area contributed by atoms with E-state index in [1.54, 1.807) is 4.90 Å². The van der Waals surface area contributed by atoms with E-state index in [1.807, 2.05) is 0 Å². The summed E-state index contributed by atoms with van der Waals surface area (Å²) in [6.45, 7) is 6.81. The molecular weight excluding hydrogens is 218 g/mol. The third-order valence-corrected chi connectivity index (χ3v) is 3.51. The van der Waals surface area contributed by atoms with E-state index >= 15 is 0 Å². The van der Waals surface area contributed by atoms with Crippen LogP contribution in [0.3, 0.4) is 0 Å². The zero-order chi connectivity index (χ0) is 12.8. The van der Waals surface area contributed by atoms with Gasteiger partial charge in [-0.2, -0.15) is 0 Å². The molecule has 0 aromatic heterocycles. The number of nitrogens with zero attached hydrogens (tertiary/aromatic N) is 1. The molecule has 5 nitrogen and oxygen atoms in total. The number of carbonyl (C=O) groups is 1. The topological polar surface area (TPSA) is 78.6 Å². The summed E-state index contributed by atoms with van der Waals surface area (Å²) >= 11 is 0. The van der Waals surface area contributed by atoms with Crippen molar-refractivity contribution in [1.29, 1.82) is 0 Å². The van der Waals surface area contributed by atoms with Crippen molar-refractivity contribution in [1.82, 2.24) is 10.2 Å². The maximum Gasteiger partial charge on any atom is 0.314 e. The first-order valence-electron chi connectivity index (χ1n) is 6.43. The molecule has 2 unspecified atom stereocenters. The lowest BCUT2D eigenvalue weighted by Gasteiger charge is -2.39. The van der Waals surface area contributed by atoms with Crippen molar-refractivity contribution in [3.8, 4) is 0 Å². The van der Waals surface area contributed by atoms with Crippen LogP contribution in [0.15, 0.2) is 0 Å². The Morgan fingerprint density at radius 3 is 2.76 bits per heavy atom. The molecule has 1 rings (SSSR count). The van der Waals surface area contributed by atoms with Gasteiger partial charge in [-0.15, -0.1) is 0 Å². The van der Waals surface area contributed by atoms with Crippen molar-refractivity contribution in [3.63, 3.8) is 0 Å². The molecular formula is C12H25N3O2. The minimum atomic E-state index is -0.329. The number of nitrogens with two attached hydrogens (primary N) is 1. The van der Waals surface area contributed by atoms with Gasteiger partial charge in [0.15, 0.2) is 0 Å². The van der Waals surface area contributed by atoms with E-state index in [0.29, 0.717) is 24.4 Å². The number of rotatable bonds is 5. The van der Waals surface area contributed by atoms with Crippen molar-refractivity contribution < 1.29 is 9.90 Å². The SMILES string of the molecule is CC(C)C1CC(NCCCO)CN(C(N)=O)C1. The van der Waals surface area contributed by atoms with Gasteiger partial charge in [-0.05, 0) is 31.2 Å². The Labute approximate surface area is 103 Å². The van der Waals surface area contributed by atoms with Gasteiger partial charge < -0.3 is 21.1 Å². The molecule has 100 valence electrons. The molecule has 5 heteroatoms. The van der Waals surface area contributed by atoms with Crippen LogP contribution in [-0.2, 0) is 0 Å². The summed E-state index contributed by atoms with van der Waals surface area (Å²) in [5.74, 6) is 1.06. The summed E-state index contributed by atoms with van der Waals surface area (Å²) in [7, 11) is 0. The van der Waals surface area contributed by atoms with E-state index in [1.165, 1.54) is 0 Å². The summed E-state index contributed by atoms with van der Waals surface area (Å²) in [5, 5.41) is 12.1. The molecule has 0 aliphatic carbocycles. The van der Waals surface area contributed by atoms with Crippen molar-refractivity contribution in [3.05, 3.63) is 0 Å². The molecule has 1 aliphatic heterocycles. The molecule has 1 fully saturated rings. The van der Waals surface area contributed by atoms with Gasteiger partial charge in [0.2, 0.25) is 0 Å².